The van der Waals surface area contributed by atoms with E-state index in [0.717, 1.165) is 0 Å². The molecule has 0 amide bonds. The van der Waals surface area contributed by atoms with E-state index in [4.69, 9.17) is 27.9 Å². The molecule has 4 nitrogen and oxygen atoms in total. The van der Waals surface area contributed by atoms with Gasteiger partial charge in [0.25, 0.3) is 0 Å². The van der Waals surface area contributed by atoms with E-state index in [-0.39, 0.29) is 21.9 Å². The molecular weight excluding hydrogens is 315 g/mol. The van der Waals surface area contributed by atoms with Gasteiger partial charge in [0.15, 0.2) is 0 Å². The summed E-state index contributed by atoms with van der Waals surface area (Å²) in [5.41, 5.74) is 0.467. The average molecular weight is 325 g/mol. The van der Waals surface area contributed by atoms with Crippen molar-refractivity contribution < 1.29 is 19.1 Å². The molecule has 0 aliphatic carbocycles. The summed E-state index contributed by atoms with van der Waals surface area (Å²) in [5, 5.41) is 0.612. The lowest BCUT2D eigenvalue weighted by Gasteiger charge is -2.07. The second kappa shape index (κ2) is 6.61. The maximum atomic E-state index is 12.0. The van der Waals surface area contributed by atoms with Crippen LogP contribution in [0.3, 0.4) is 0 Å². The molecule has 2 aromatic rings. The Hall–Kier alpha value is -2.04. The third-order valence-electron chi connectivity index (χ3n) is 2.62. The Morgan fingerprint density at radius 2 is 1.76 bits per heavy atom. The van der Waals surface area contributed by atoms with E-state index >= 15 is 0 Å². The normalized spacial score (nSPS) is 10.0. The van der Waals surface area contributed by atoms with Crippen LogP contribution in [0.2, 0.25) is 10.0 Å². The molecule has 0 saturated heterocycles. The van der Waals surface area contributed by atoms with Gasteiger partial charge in [0.1, 0.15) is 5.75 Å². The molecule has 0 N–H and O–H groups in total. The number of methoxy groups -OCH3 is 1. The minimum atomic E-state index is -0.640. The molecule has 6 heteroatoms. The second-order valence-corrected chi connectivity index (χ2v) is 4.88. The van der Waals surface area contributed by atoms with Gasteiger partial charge >= 0.3 is 11.9 Å². The van der Waals surface area contributed by atoms with Gasteiger partial charge in [0.2, 0.25) is 0 Å². The van der Waals surface area contributed by atoms with E-state index < -0.39 is 11.9 Å². The van der Waals surface area contributed by atoms with Crippen LogP contribution >= 0.6 is 23.2 Å². The topological polar surface area (TPSA) is 52.6 Å². The third-order valence-corrected chi connectivity index (χ3v) is 3.16. The monoisotopic (exact) mass is 324 g/mol. The lowest BCUT2D eigenvalue weighted by Crippen LogP contribution is -2.10. The number of hydrogen-bond acceptors (Lipinski definition) is 4. The van der Waals surface area contributed by atoms with Crippen LogP contribution in [-0.2, 0) is 4.74 Å². The summed E-state index contributed by atoms with van der Waals surface area (Å²) in [6, 6.07) is 10.6. The summed E-state index contributed by atoms with van der Waals surface area (Å²) in [6.45, 7) is 0. The SMILES string of the molecule is COC(=O)c1cccc(OC(=O)c2ccc(Cl)cc2Cl)c1. The largest absolute Gasteiger partial charge is 0.465 e. The van der Waals surface area contributed by atoms with E-state index in [1.165, 1.54) is 31.4 Å². The summed E-state index contributed by atoms with van der Waals surface area (Å²) in [4.78, 5) is 23.4. The summed E-state index contributed by atoms with van der Waals surface area (Å²) in [7, 11) is 1.27. The molecule has 0 heterocycles. The summed E-state index contributed by atoms with van der Waals surface area (Å²) in [5.74, 6) is -0.940. The molecule has 2 aromatic carbocycles. The Morgan fingerprint density at radius 3 is 2.43 bits per heavy atom. The molecule has 0 spiro atoms. The number of halogens is 2. The summed E-state index contributed by atoms with van der Waals surface area (Å²) in [6.07, 6.45) is 0. The van der Waals surface area contributed by atoms with Gasteiger partial charge in [-0.05, 0) is 36.4 Å². The van der Waals surface area contributed by atoms with Crippen molar-refractivity contribution in [2.75, 3.05) is 7.11 Å². The molecule has 0 unspecified atom stereocenters. The Labute approximate surface area is 131 Å². The molecule has 0 fully saturated rings. The smallest absolute Gasteiger partial charge is 0.345 e. The zero-order chi connectivity index (χ0) is 15.4. The highest BCUT2D eigenvalue weighted by molar-refractivity contribution is 6.36. The number of ether oxygens (including phenoxy) is 2. The Kier molecular flexibility index (Phi) is 4.83. The van der Waals surface area contributed by atoms with Crippen LogP contribution in [0.1, 0.15) is 20.7 Å². The third kappa shape index (κ3) is 3.74. The molecule has 0 aliphatic rings. The van der Waals surface area contributed by atoms with Crippen molar-refractivity contribution in [2.24, 2.45) is 0 Å². The van der Waals surface area contributed by atoms with Crippen molar-refractivity contribution in [1.82, 2.24) is 0 Å². The molecule has 0 saturated carbocycles. The number of carbonyl (C=O) groups is 2. The van der Waals surface area contributed by atoms with Crippen molar-refractivity contribution in [3.05, 3.63) is 63.6 Å². The molecule has 21 heavy (non-hydrogen) atoms. The van der Waals surface area contributed by atoms with Gasteiger partial charge in [-0.2, -0.15) is 0 Å². The zero-order valence-electron chi connectivity index (χ0n) is 10.9. The number of esters is 2. The van der Waals surface area contributed by atoms with Gasteiger partial charge in [-0.3, -0.25) is 0 Å². The fourth-order valence-corrected chi connectivity index (χ4v) is 2.11. The first-order valence-electron chi connectivity index (χ1n) is 5.87. The standard InChI is InChI=1S/C15H10Cl2O4/c1-20-14(18)9-3-2-4-11(7-9)21-15(19)12-6-5-10(16)8-13(12)17/h2-8H,1H3. The van der Waals surface area contributed by atoms with Gasteiger partial charge in [-0.1, -0.05) is 29.3 Å². The summed E-state index contributed by atoms with van der Waals surface area (Å²) >= 11 is 11.7. The van der Waals surface area contributed by atoms with E-state index in [0.29, 0.717) is 5.02 Å². The molecule has 108 valence electrons. The van der Waals surface area contributed by atoms with E-state index in [2.05, 4.69) is 4.74 Å². The molecular formula is C15H10Cl2O4. The van der Waals surface area contributed by atoms with Crippen molar-refractivity contribution in [3.8, 4) is 5.75 Å². The lowest BCUT2D eigenvalue weighted by atomic mass is 10.2. The highest BCUT2D eigenvalue weighted by Crippen LogP contribution is 2.23. The number of rotatable bonds is 3. The number of hydrogen-bond donors (Lipinski definition) is 0. The number of benzene rings is 2. The summed E-state index contributed by atoms with van der Waals surface area (Å²) < 4.78 is 9.78. The zero-order valence-corrected chi connectivity index (χ0v) is 12.4. The molecule has 0 bridgehead atoms. The molecule has 0 atom stereocenters. The van der Waals surface area contributed by atoms with Crippen molar-refractivity contribution in [1.29, 1.82) is 0 Å². The van der Waals surface area contributed by atoms with Crippen LogP contribution in [0.25, 0.3) is 0 Å². The van der Waals surface area contributed by atoms with Gasteiger partial charge in [-0.25, -0.2) is 9.59 Å². The predicted octanol–water partition coefficient (Wildman–Crippen LogP) is 4.00. The van der Waals surface area contributed by atoms with Crippen molar-refractivity contribution >= 4 is 35.1 Å². The molecule has 0 radical (unpaired) electrons. The minimum Gasteiger partial charge on any atom is -0.465 e. The van der Waals surface area contributed by atoms with Crippen LogP contribution in [-0.4, -0.2) is 19.0 Å². The lowest BCUT2D eigenvalue weighted by molar-refractivity contribution is 0.0597. The maximum Gasteiger partial charge on any atom is 0.345 e. The highest BCUT2D eigenvalue weighted by atomic mass is 35.5. The van der Waals surface area contributed by atoms with Crippen LogP contribution in [0.4, 0.5) is 0 Å². The van der Waals surface area contributed by atoms with Gasteiger partial charge in [0.05, 0.1) is 23.3 Å². The first-order valence-corrected chi connectivity index (χ1v) is 6.62. The molecule has 2 rings (SSSR count). The molecule has 0 aromatic heterocycles. The van der Waals surface area contributed by atoms with Crippen LogP contribution in [0.15, 0.2) is 42.5 Å². The van der Waals surface area contributed by atoms with Gasteiger partial charge < -0.3 is 9.47 Å². The quantitative estimate of drug-likeness (QED) is 0.632. The van der Waals surface area contributed by atoms with Gasteiger partial charge in [-0.15, -0.1) is 0 Å². The Balaban J connectivity index is 2.21. The van der Waals surface area contributed by atoms with E-state index in [1.807, 2.05) is 0 Å². The first-order chi connectivity index (χ1) is 10.0. The molecule has 0 aliphatic heterocycles. The Bertz CT molecular complexity index is 698. The fourth-order valence-electron chi connectivity index (χ4n) is 1.62. The Morgan fingerprint density at radius 1 is 1.00 bits per heavy atom. The van der Waals surface area contributed by atoms with Crippen LogP contribution < -0.4 is 4.74 Å². The van der Waals surface area contributed by atoms with Gasteiger partial charge in [0, 0.05) is 5.02 Å². The van der Waals surface area contributed by atoms with Crippen LogP contribution in [0.5, 0.6) is 5.75 Å². The minimum absolute atomic E-state index is 0.185. The van der Waals surface area contributed by atoms with E-state index in [1.54, 1.807) is 18.2 Å². The number of carbonyl (C=O) groups excluding carboxylic acids is 2. The second-order valence-electron chi connectivity index (χ2n) is 4.03. The highest BCUT2D eigenvalue weighted by Gasteiger charge is 2.14. The van der Waals surface area contributed by atoms with E-state index in [9.17, 15) is 9.59 Å². The van der Waals surface area contributed by atoms with Crippen molar-refractivity contribution in [2.45, 2.75) is 0 Å². The average Bonchev–Trinajstić information content (AvgIpc) is 2.46. The van der Waals surface area contributed by atoms with Crippen LogP contribution in [0, 0.1) is 0 Å². The van der Waals surface area contributed by atoms with Crippen molar-refractivity contribution in [3.63, 3.8) is 0 Å². The first kappa shape index (κ1) is 15.4. The maximum absolute atomic E-state index is 12.0. The fraction of sp³-hybridized carbons (Fsp3) is 0.0667. The predicted molar refractivity (Wildman–Crippen MR) is 79.2 cm³/mol.